The third-order valence-electron chi connectivity index (χ3n) is 5.04. The average molecular weight is 422 g/mol. The normalized spacial score (nSPS) is 16.1. The van der Waals surface area contributed by atoms with Gasteiger partial charge in [0.25, 0.3) is 15.9 Å². The van der Waals surface area contributed by atoms with Gasteiger partial charge in [0.2, 0.25) is 0 Å². The van der Waals surface area contributed by atoms with Crippen LogP contribution in [0.3, 0.4) is 0 Å². The van der Waals surface area contributed by atoms with Gasteiger partial charge in [-0.1, -0.05) is 6.92 Å². The Morgan fingerprint density at radius 3 is 2.39 bits per heavy atom. The molecule has 0 bridgehead atoms. The largest absolute Gasteiger partial charge is 0.378 e. The summed E-state index contributed by atoms with van der Waals surface area (Å²) in [5.41, 5.74) is 1.61. The molecule has 1 amide bonds. The lowest BCUT2D eigenvalue weighted by molar-refractivity contribution is 0.0951. The maximum Gasteiger partial charge on any atom is 0.252 e. The van der Waals surface area contributed by atoms with E-state index in [-0.39, 0.29) is 5.91 Å². The minimum atomic E-state index is -3.43. The fourth-order valence-corrected chi connectivity index (χ4v) is 6.04. The summed E-state index contributed by atoms with van der Waals surface area (Å²) in [6.45, 7) is 3.63. The van der Waals surface area contributed by atoms with Crippen molar-refractivity contribution in [1.29, 1.82) is 0 Å². The molecule has 1 aliphatic heterocycles. The van der Waals surface area contributed by atoms with Crippen LogP contribution in [-0.2, 0) is 16.6 Å². The Morgan fingerprint density at radius 1 is 1.14 bits per heavy atom. The molecule has 0 saturated carbocycles. The van der Waals surface area contributed by atoms with Crippen molar-refractivity contribution in [2.75, 3.05) is 32.1 Å². The van der Waals surface area contributed by atoms with E-state index in [2.05, 4.69) is 12.2 Å². The second-order valence-corrected chi connectivity index (χ2v) is 10.8. The smallest absolute Gasteiger partial charge is 0.252 e. The lowest BCUT2D eigenvalue weighted by Crippen LogP contribution is -2.37. The van der Waals surface area contributed by atoms with Crippen molar-refractivity contribution < 1.29 is 13.2 Å². The molecule has 0 spiro atoms. The number of nitrogens with zero attached hydrogens (tertiary/aromatic N) is 2. The number of hydrogen-bond donors (Lipinski definition) is 1. The highest BCUT2D eigenvalue weighted by Gasteiger charge is 2.29. The number of nitrogens with one attached hydrogen (secondary N) is 1. The van der Waals surface area contributed by atoms with Gasteiger partial charge in [-0.2, -0.15) is 4.31 Å². The zero-order valence-electron chi connectivity index (χ0n) is 16.5. The van der Waals surface area contributed by atoms with E-state index >= 15 is 0 Å². The predicted molar refractivity (Wildman–Crippen MR) is 113 cm³/mol. The lowest BCUT2D eigenvalue weighted by Gasteiger charge is -2.28. The minimum absolute atomic E-state index is 0.173. The van der Waals surface area contributed by atoms with Gasteiger partial charge in [0.1, 0.15) is 4.21 Å². The fourth-order valence-electron chi connectivity index (χ4n) is 3.12. The van der Waals surface area contributed by atoms with E-state index in [1.165, 1.54) is 11.3 Å². The monoisotopic (exact) mass is 421 g/mol. The molecule has 1 N–H and O–H groups in total. The topological polar surface area (TPSA) is 69.7 Å². The molecule has 2 aromatic rings. The first-order valence-electron chi connectivity index (χ1n) is 9.42. The van der Waals surface area contributed by atoms with E-state index < -0.39 is 10.0 Å². The number of carbonyl (C=O) groups is 1. The fraction of sp³-hybridized carbons (Fsp3) is 0.450. The third kappa shape index (κ3) is 4.74. The quantitative estimate of drug-likeness (QED) is 0.778. The highest BCUT2D eigenvalue weighted by molar-refractivity contribution is 7.91. The van der Waals surface area contributed by atoms with Crippen LogP contribution < -0.4 is 10.2 Å². The van der Waals surface area contributed by atoms with Crippen LogP contribution in [0.4, 0.5) is 5.69 Å². The molecule has 0 atom stereocenters. The van der Waals surface area contributed by atoms with Gasteiger partial charge in [0, 0.05) is 43.3 Å². The molecule has 1 saturated heterocycles. The molecule has 1 fully saturated rings. The Morgan fingerprint density at radius 2 is 1.79 bits per heavy atom. The first-order chi connectivity index (χ1) is 13.3. The minimum Gasteiger partial charge on any atom is -0.378 e. The van der Waals surface area contributed by atoms with Crippen LogP contribution >= 0.6 is 11.3 Å². The van der Waals surface area contributed by atoms with Gasteiger partial charge in [-0.05, 0) is 55.2 Å². The van der Waals surface area contributed by atoms with Gasteiger partial charge in [-0.25, -0.2) is 8.42 Å². The third-order valence-corrected chi connectivity index (χ3v) is 8.49. The number of sulfonamides is 1. The molecule has 1 aromatic heterocycles. The SMILES string of the molecule is CC1CCN(S(=O)(=O)c2ccc(CNC(=O)c3ccc(N(C)C)cc3)s2)CC1. The Labute approximate surface area is 171 Å². The second-order valence-electron chi connectivity index (χ2n) is 7.43. The average Bonchev–Trinajstić information content (AvgIpc) is 3.16. The van der Waals surface area contributed by atoms with Crippen LogP contribution in [0.25, 0.3) is 0 Å². The summed E-state index contributed by atoms with van der Waals surface area (Å²) in [6, 6.07) is 10.8. The summed E-state index contributed by atoms with van der Waals surface area (Å²) in [7, 11) is 0.459. The zero-order valence-corrected chi connectivity index (χ0v) is 18.1. The summed E-state index contributed by atoms with van der Waals surface area (Å²) in [6.07, 6.45) is 1.81. The highest BCUT2D eigenvalue weighted by atomic mass is 32.2. The Balaban J connectivity index is 1.60. The van der Waals surface area contributed by atoms with Gasteiger partial charge in [-0.15, -0.1) is 11.3 Å². The summed E-state index contributed by atoms with van der Waals surface area (Å²) >= 11 is 1.23. The van der Waals surface area contributed by atoms with E-state index in [0.29, 0.717) is 35.3 Å². The Bertz CT molecular complexity index is 912. The van der Waals surface area contributed by atoms with E-state index in [4.69, 9.17) is 0 Å². The molecule has 2 heterocycles. The van der Waals surface area contributed by atoms with E-state index in [1.807, 2.05) is 31.1 Å². The Hall–Kier alpha value is -1.90. The lowest BCUT2D eigenvalue weighted by atomic mass is 10.0. The number of thiophene rings is 1. The molecule has 1 aromatic carbocycles. The number of carbonyl (C=O) groups excluding carboxylic acids is 1. The van der Waals surface area contributed by atoms with Crippen molar-refractivity contribution in [3.05, 3.63) is 46.8 Å². The molecule has 1 aliphatic rings. The van der Waals surface area contributed by atoms with E-state index in [0.717, 1.165) is 23.4 Å². The molecule has 0 radical (unpaired) electrons. The molecule has 0 unspecified atom stereocenters. The van der Waals surface area contributed by atoms with Crippen LogP contribution in [0.15, 0.2) is 40.6 Å². The van der Waals surface area contributed by atoms with Gasteiger partial charge in [0.05, 0.1) is 6.54 Å². The number of benzene rings is 1. The molecular formula is C20H27N3O3S2. The van der Waals surface area contributed by atoms with Crippen molar-refractivity contribution in [1.82, 2.24) is 9.62 Å². The van der Waals surface area contributed by atoms with E-state index in [9.17, 15) is 13.2 Å². The summed E-state index contributed by atoms with van der Waals surface area (Å²) < 4.78 is 27.5. The van der Waals surface area contributed by atoms with Crippen molar-refractivity contribution in [3.63, 3.8) is 0 Å². The maximum atomic E-state index is 12.8. The molecule has 6 nitrogen and oxygen atoms in total. The van der Waals surface area contributed by atoms with E-state index in [1.54, 1.807) is 28.6 Å². The Kier molecular flexibility index (Phi) is 6.42. The van der Waals surface area contributed by atoms with Crippen molar-refractivity contribution in [3.8, 4) is 0 Å². The van der Waals surface area contributed by atoms with Crippen LogP contribution in [0.1, 0.15) is 35.0 Å². The van der Waals surface area contributed by atoms with Crippen molar-refractivity contribution in [2.24, 2.45) is 5.92 Å². The van der Waals surface area contributed by atoms with Crippen LogP contribution in [-0.4, -0.2) is 45.8 Å². The van der Waals surface area contributed by atoms with Crippen molar-refractivity contribution in [2.45, 2.75) is 30.5 Å². The van der Waals surface area contributed by atoms with Gasteiger partial charge < -0.3 is 10.2 Å². The van der Waals surface area contributed by atoms with Crippen LogP contribution in [0.5, 0.6) is 0 Å². The van der Waals surface area contributed by atoms with Gasteiger partial charge in [0.15, 0.2) is 0 Å². The van der Waals surface area contributed by atoms with Crippen LogP contribution in [0, 0.1) is 5.92 Å². The van der Waals surface area contributed by atoms with Gasteiger partial charge >= 0.3 is 0 Å². The molecule has 3 rings (SSSR count). The summed E-state index contributed by atoms with van der Waals surface area (Å²) in [5, 5.41) is 2.86. The number of piperidine rings is 1. The summed E-state index contributed by atoms with van der Waals surface area (Å²) in [4.78, 5) is 15.1. The number of amides is 1. The van der Waals surface area contributed by atoms with Crippen LogP contribution in [0.2, 0.25) is 0 Å². The first kappa shape index (κ1) is 20.8. The molecule has 8 heteroatoms. The zero-order chi connectivity index (χ0) is 20.3. The maximum absolute atomic E-state index is 12.8. The van der Waals surface area contributed by atoms with Crippen molar-refractivity contribution >= 4 is 33.0 Å². The summed E-state index contributed by atoms with van der Waals surface area (Å²) in [5.74, 6) is 0.403. The standard InChI is InChI=1S/C20H27N3O3S2/c1-15-10-12-23(13-11-15)28(25,26)19-9-8-18(27-19)14-21-20(24)16-4-6-17(7-5-16)22(2)3/h4-9,15H,10-14H2,1-3H3,(H,21,24). The van der Waals surface area contributed by atoms with Gasteiger partial charge in [-0.3, -0.25) is 4.79 Å². The molecular weight excluding hydrogens is 394 g/mol. The second kappa shape index (κ2) is 8.63. The number of rotatable bonds is 6. The highest BCUT2D eigenvalue weighted by Crippen LogP contribution is 2.28. The molecule has 152 valence electrons. The number of hydrogen-bond acceptors (Lipinski definition) is 5. The molecule has 0 aliphatic carbocycles. The number of anilines is 1. The first-order valence-corrected chi connectivity index (χ1v) is 11.7. The predicted octanol–water partition coefficient (Wildman–Crippen LogP) is 3.16. The molecule has 28 heavy (non-hydrogen) atoms.